The number of anilines is 1. The smallest absolute Gasteiger partial charge is 0.245 e. The minimum Gasteiger partial charge on any atom is -0.343 e. The van der Waals surface area contributed by atoms with Crippen molar-refractivity contribution in [3.8, 4) is 0 Å². The summed E-state index contributed by atoms with van der Waals surface area (Å²) in [6.07, 6.45) is 2.89. The van der Waals surface area contributed by atoms with Crippen molar-refractivity contribution < 1.29 is 0 Å². The van der Waals surface area contributed by atoms with Crippen molar-refractivity contribution in [2.24, 2.45) is 11.7 Å². The molecule has 0 fully saturated rings. The van der Waals surface area contributed by atoms with Gasteiger partial charge in [-0.15, -0.1) is 5.10 Å². The second kappa shape index (κ2) is 5.57. The molecule has 0 amide bonds. The van der Waals surface area contributed by atoms with Crippen LogP contribution in [0, 0.1) is 12.8 Å². The molecular weight excluding hydrogens is 238 g/mol. The van der Waals surface area contributed by atoms with Gasteiger partial charge in [0.1, 0.15) is 0 Å². The average molecular weight is 261 g/mol. The van der Waals surface area contributed by atoms with E-state index < -0.39 is 0 Å². The SMILES string of the molecule is Cc1ccn2nc(N(C)CCC(N)C(C)C)nc2c1. The second-order valence-corrected chi connectivity index (χ2v) is 5.54. The molecule has 2 heterocycles. The van der Waals surface area contributed by atoms with Crippen LogP contribution in [0.5, 0.6) is 0 Å². The highest BCUT2D eigenvalue weighted by molar-refractivity contribution is 5.46. The lowest BCUT2D eigenvalue weighted by molar-refractivity contribution is 0.465. The van der Waals surface area contributed by atoms with Crippen molar-refractivity contribution in [3.05, 3.63) is 23.9 Å². The number of nitrogens with two attached hydrogens (primary N) is 1. The molecule has 0 radical (unpaired) electrons. The largest absolute Gasteiger partial charge is 0.343 e. The Morgan fingerprint density at radius 3 is 2.84 bits per heavy atom. The first-order valence-electron chi connectivity index (χ1n) is 6.77. The highest BCUT2D eigenvalue weighted by Crippen LogP contribution is 2.12. The predicted octanol–water partition coefficient (Wildman–Crippen LogP) is 1.85. The molecular formula is C14H23N5. The molecule has 2 aromatic heterocycles. The summed E-state index contributed by atoms with van der Waals surface area (Å²) >= 11 is 0. The fourth-order valence-electron chi connectivity index (χ4n) is 1.91. The van der Waals surface area contributed by atoms with Crippen molar-refractivity contribution >= 4 is 11.6 Å². The summed E-state index contributed by atoms with van der Waals surface area (Å²) in [7, 11) is 2.01. The monoisotopic (exact) mass is 261 g/mol. The zero-order valence-electron chi connectivity index (χ0n) is 12.2. The average Bonchev–Trinajstić information content (AvgIpc) is 2.78. The van der Waals surface area contributed by atoms with Gasteiger partial charge in [0.25, 0.3) is 0 Å². The maximum atomic E-state index is 6.07. The molecule has 0 saturated carbocycles. The van der Waals surface area contributed by atoms with Gasteiger partial charge in [0.2, 0.25) is 5.95 Å². The molecule has 104 valence electrons. The number of aryl methyl sites for hydroxylation is 1. The minimum atomic E-state index is 0.224. The summed E-state index contributed by atoms with van der Waals surface area (Å²) in [5.41, 5.74) is 8.14. The Kier molecular flexibility index (Phi) is 4.04. The zero-order valence-corrected chi connectivity index (χ0v) is 12.2. The van der Waals surface area contributed by atoms with Crippen LogP contribution in [0.1, 0.15) is 25.8 Å². The standard InChI is InChI=1S/C14H23N5/c1-10(2)12(15)6-7-18(4)14-16-13-9-11(3)5-8-19(13)17-14/h5,8-10,12H,6-7,15H2,1-4H3. The molecule has 0 aromatic carbocycles. The molecule has 2 N–H and O–H groups in total. The first kappa shape index (κ1) is 13.8. The first-order valence-corrected chi connectivity index (χ1v) is 6.77. The van der Waals surface area contributed by atoms with Crippen molar-refractivity contribution in [1.29, 1.82) is 0 Å². The number of hydrogen-bond donors (Lipinski definition) is 1. The first-order chi connectivity index (χ1) is 8.97. The van der Waals surface area contributed by atoms with E-state index in [4.69, 9.17) is 5.73 Å². The maximum absolute atomic E-state index is 6.07. The Balaban J connectivity index is 2.07. The molecule has 19 heavy (non-hydrogen) atoms. The van der Waals surface area contributed by atoms with E-state index in [-0.39, 0.29) is 6.04 Å². The van der Waals surface area contributed by atoms with Gasteiger partial charge in [-0.2, -0.15) is 4.98 Å². The highest BCUT2D eigenvalue weighted by atomic mass is 15.4. The third kappa shape index (κ3) is 3.23. The van der Waals surface area contributed by atoms with Gasteiger partial charge in [-0.25, -0.2) is 4.52 Å². The van der Waals surface area contributed by atoms with E-state index in [1.165, 1.54) is 5.56 Å². The van der Waals surface area contributed by atoms with Crippen LogP contribution in [0.2, 0.25) is 0 Å². The van der Waals surface area contributed by atoms with Gasteiger partial charge in [-0.1, -0.05) is 13.8 Å². The van der Waals surface area contributed by atoms with Gasteiger partial charge < -0.3 is 10.6 Å². The molecule has 0 spiro atoms. The van der Waals surface area contributed by atoms with Crippen LogP contribution in [0.25, 0.3) is 5.65 Å². The van der Waals surface area contributed by atoms with Crippen LogP contribution >= 0.6 is 0 Å². The predicted molar refractivity (Wildman–Crippen MR) is 78.4 cm³/mol. The van der Waals surface area contributed by atoms with Gasteiger partial charge in [-0.05, 0) is 37.0 Å². The van der Waals surface area contributed by atoms with Crippen molar-refractivity contribution in [2.75, 3.05) is 18.5 Å². The molecule has 1 unspecified atom stereocenters. The van der Waals surface area contributed by atoms with E-state index in [1.807, 2.05) is 25.4 Å². The molecule has 2 aromatic rings. The third-order valence-corrected chi connectivity index (χ3v) is 3.48. The number of nitrogens with zero attached hydrogens (tertiary/aromatic N) is 4. The van der Waals surface area contributed by atoms with Crippen LogP contribution in [-0.4, -0.2) is 34.2 Å². The second-order valence-electron chi connectivity index (χ2n) is 5.54. The zero-order chi connectivity index (χ0) is 14.0. The topological polar surface area (TPSA) is 59.5 Å². The summed E-state index contributed by atoms with van der Waals surface area (Å²) in [5.74, 6) is 1.26. The number of rotatable bonds is 5. The fraction of sp³-hybridized carbons (Fsp3) is 0.571. The van der Waals surface area contributed by atoms with E-state index in [1.54, 1.807) is 4.52 Å². The number of hydrogen-bond acceptors (Lipinski definition) is 4. The summed E-state index contributed by atoms with van der Waals surface area (Å²) in [5, 5.41) is 4.47. The number of fused-ring (bicyclic) bond motifs is 1. The van der Waals surface area contributed by atoms with E-state index >= 15 is 0 Å². The van der Waals surface area contributed by atoms with Crippen LogP contribution in [0.15, 0.2) is 18.3 Å². The third-order valence-electron chi connectivity index (χ3n) is 3.48. The molecule has 5 heteroatoms. The molecule has 5 nitrogen and oxygen atoms in total. The summed E-state index contributed by atoms with van der Waals surface area (Å²) in [6, 6.07) is 4.28. The van der Waals surface area contributed by atoms with Crippen molar-refractivity contribution in [2.45, 2.75) is 33.2 Å². The highest BCUT2D eigenvalue weighted by Gasteiger charge is 2.12. The Hall–Kier alpha value is -1.62. The van der Waals surface area contributed by atoms with Crippen molar-refractivity contribution in [3.63, 3.8) is 0 Å². The van der Waals surface area contributed by atoms with E-state index in [0.717, 1.165) is 24.6 Å². The van der Waals surface area contributed by atoms with Crippen LogP contribution in [0.3, 0.4) is 0 Å². The Morgan fingerprint density at radius 2 is 2.16 bits per heavy atom. The lowest BCUT2D eigenvalue weighted by Crippen LogP contribution is -2.32. The lowest BCUT2D eigenvalue weighted by atomic mass is 10.0. The maximum Gasteiger partial charge on any atom is 0.245 e. The summed E-state index contributed by atoms with van der Waals surface area (Å²) in [6.45, 7) is 7.22. The van der Waals surface area contributed by atoms with Gasteiger partial charge in [-0.3, -0.25) is 0 Å². The van der Waals surface area contributed by atoms with Gasteiger partial charge in [0, 0.05) is 25.8 Å². The van der Waals surface area contributed by atoms with Crippen molar-refractivity contribution in [1.82, 2.24) is 14.6 Å². The molecule has 2 rings (SSSR count). The molecule has 0 bridgehead atoms. The van der Waals surface area contributed by atoms with E-state index in [0.29, 0.717) is 5.92 Å². The number of pyridine rings is 1. The van der Waals surface area contributed by atoms with Gasteiger partial charge in [0.15, 0.2) is 5.65 Å². The summed E-state index contributed by atoms with van der Waals surface area (Å²) in [4.78, 5) is 6.59. The molecule has 0 aliphatic heterocycles. The molecule has 0 aliphatic rings. The van der Waals surface area contributed by atoms with Gasteiger partial charge in [0.05, 0.1) is 0 Å². The number of aromatic nitrogens is 3. The quantitative estimate of drug-likeness (QED) is 0.892. The lowest BCUT2D eigenvalue weighted by Gasteiger charge is -2.20. The fourth-order valence-corrected chi connectivity index (χ4v) is 1.91. The Bertz CT molecular complexity index is 546. The van der Waals surface area contributed by atoms with Crippen LogP contribution in [-0.2, 0) is 0 Å². The Labute approximate surface area is 114 Å². The van der Waals surface area contributed by atoms with Crippen LogP contribution in [0.4, 0.5) is 5.95 Å². The van der Waals surface area contributed by atoms with E-state index in [9.17, 15) is 0 Å². The molecule has 1 atom stereocenters. The minimum absolute atomic E-state index is 0.224. The Morgan fingerprint density at radius 1 is 1.42 bits per heavy atom. The van der Waals surface area contributed by atoms with E-state index in [2.05, 4.69) is 35.8 Å². The van der Waals surface area contributed by atoms with Gasteiger partial charge >= 0.3 is 0 Å². The molecule has 0 saturated heterocycles. The summed E-state index contributed by atoms with van der Waals surface area (Å²) < 4.78 is 1.81. The molecule has 0 aliphatic carbocycles. The normalized spacial score (nSPS) is 13.2. The van der Waals surface area contributed by atoms with Crippen LogP contribution < -0.4 is 10.6 Å².